The summed E-state index contributed by atoms with van der Waals surface area (Å²) in [7, 11) is 0. The number of hydrogen-bond donors (Lipinski definition) is 1. The van der Waals surface area contributed by atoms with Crippen molar-refractivity contribution in [2.75, 3.05) is 13.1 Å². The molecule has 1 unspecified atom stereocenters. The Morgan fingerprint density at radius 2 is 2.00 bits per heavy atom. The van der Waals surface area contributed by atoms with Crippen LogP contribution in [0, 0.1) is 13.8 Å². The molecule has 0 amide bonds. The second-order valence-electron chi connectivity index (χ2n) is 5.11. The van der Waals surface area contributed by atoms with Crippen molar-refractivity contribution < 1.29 is 4.74 Å². The van der Waals surface area contributed by atoms with E-state index in [1.807, 2.05) is 0 Å². The van der Waals surface area contributed by atoms with E-state index >= 15 is 0 Å². The molecule has 1 N–H and O–H groups in total. The van der Waals surface area contributed by atoms with Crippen LogP contribution < -0.4 is 10.1 Å². The first-order chi connectivity index (χ1) is 8.63. The molecule has 102 valence electrons. The number of ether oxygens (including phenoxy) is 1. The van der Waals surface area contributed by atoms with Crippen LogP contribution in [0.4, 0.5) is 0 Å². The van der Waals surface area contributed by atoms with Crippen LogP contribution in [0.1, 0.15) is 44.2 Å². The fraction of sp³-hybridized carbons (Fsp3) is 0.625. The lowest BCUT2D eigenvalue weighted by molar-refractivity contribution is 0.215. The summed E-state index contributed by atoms with van der Waals surface area (Å²) in [6.45, 7) is 10.6. The van der Waals surface area contributed by atoms with E-state index in [-0.39, 0.29) is 6.10 Å². The largest absolute Gasteiger partial charge is 0.489 e. The molecule has 0 bridgehead atoms. The fourth-order valence-corrected chi connectivity index (χ4v) is 2.00. The maximum Gasteiger partial charge on any atom is 0.122 e. The van der Waals surface area contributed by atoms with Crippen LogP contribution in [0.2, 0.25) is 0 Å². The molecule has 2 heteroatoms. The highest BCUT2D eigenvalue weighted by Gasteiger charge is 2.05. The second kappa shape index (κ2) is 8.15. The SMILES string of the molecule is CCCCCNCC(C)Oc1ccc(C)cc1C. The molecule has 0 saturated heterocycles. The molecule has 18 heavy (non-hydrogen) atoms. The van der Waals surface area contributed by atoms with Crippen LogP contribution in [0.15, 0.2) is 18.2 Å². The number of hydrogen-bond acceptors (Lipinski definition) is 2. The molecule has 0 aliphatic rings. The van der Waals surface area contributed by atoms with Crippen molar-refractivity contribution in [1.29, 1.82) is 0 Å². The van der Waals surface area contributed by atoms with Gasteiger partial charge in [-0.15, -0.1) is 0 Å². The van der Waals surface area contributed by atoms with E-state index in [1.165, 1.54) is 30.4 Å². The number of aryl methyl sites for hydroxylation is 2. The van der Waals surface area contributed by atoms with E-state index in [9.17, 15) is 0 Å². The Labute approximate surface area is 112 Å². The maximum absolute atomic E-state index is 5.94. The smallest absolute Gasteiger partial charge is 0.122 e. The maximum atomic E-state index is 5.94. The molecule has 1 aromatic carbocycles. The molecule has 1 rings (SSSR count). The Kier molecular flexibility index (Phi) is 6.81. The van der Waals surface area contributed by atoms with Crippen LogP contribution in [0.3, 0.4) is 0 Å². The molecule has 0 heterocycles. The minimum atomic E-state index is 0.216. The van der Waals surface area contributed by atoms with Crippen LogP contribution >= 0.6 is 0 Å². The third kappa shape index (κ3) is 5.54. The highest BCUT2D eigenvalue weighted by Crippen LogP contribution is 2.19. The van der Waals surface area contributed by atoms with Crippen molar-refractivity contribution in [2.45, 2.75) is 53.1 Å². The summed E-state index contributed by atoms with van der Waals surface area (Å²) in [5, 5.41) is 3.45. The van der Waals surface area contributed by atoms with E-state index < -0.39 is 0 Å². The first kappa shape index (κ1) is 15.0. The van der Waals surface area contributed by atoms with Crippen LogP contribution in [-0.2, 0) is 0 Å². The Morgan fingerprint density at radius 3 is 2.67 bits per heavy atom. The van der Waals surface area contributed by atoms with Crippen LogP contribution in [-0.4, -0.2) is 19.2 Å². The number of unbranched alkanes of at least 4 members (excludes halogenated alkanes) is 2. The van der Waals surface area contributed by atoms with Gasteiger partial charge in [-0.05, 0) is 45.4 Å². The number of rotatable bonds is 8. The third-order valence-electron chi connectivity index (χ3n) is 3.05. The Bertz CT molecular complexity index is 349. The lowest BCUT2D eigenvalue weighted by atomic mass is 10.1. The van der Waals surface area contributed by atoms with Gasteiger partial charge in [-0.2, -0.15) is 0 Å². The van der Waals surface area contributed by atoms with Gasteiger partial charge in [0.15, 0.2) is 0 Å². The molecule has 0 aromatic heterocycles. The topological polar surface area (TPSA) is 21.3 Å². The number of nitrogens with one attached hydrogen (secondary N) is 1. The first-order valence-corrected chi connectivity index (χ1v) is 7.08. The van der Waals surface area contributed by atoms with E-state index in [0.717, 1.165) is 18.8 Å². The van der Waals surface area contributed by atoms with Gasteiger partial charge in [-0.3, -0.25) is 0 Å². The monoisotopic (exact) mass is 249 g/mol. The van der Waals surface area contributed by atoms with E-state index in [4.69, 9.17) is 4.74 Å². The summed E-state index contributed by atoms with van der Waals surface area (Å²) in [4.78, 5) is 0. The highest BCUT2D eigenvalue weighted by atomic mass is 16.5. The summed E-state index contributed by atoms with van der Waals surface area (Å²) in [6.07, 6.45) is 4.05. The molecule has 1 aromatic rings. The van der Waals surface area contributed by atoms with Gasteiger partial charge in [0.25, 0.3) is 0 Å². The van der Waals surface area contributed by atoms with Crippen molar-refractivity contribution in [1.82, 2.24) is 5.32 Å². The summed E-state index contributed by atoms with van der Waals surface area (Å²) >= 11 is 0. The predicted octanol–water partition coefficient (Wildman–Crippen LogP) is 3.85. The highest BCUT2D eigenvalue weighted by molar-refractivity contribution is 5.35. The van der Waals surface area contributed by atoms with Gasteiger partial charge in [0.05, 0.1) is 0 Å². The Hall–Kier alpha value is -1.02. The standard InChI is InChI=1S/C16H27NO/c1-5-6-7-10-17-12-15(4)18-16-9-8-13(2)11-14(16)3/h8-9,11,15,17H,5-7,10,12H2,1-4H3. The van der Waals surface area contributed by atoms with Gasteiger partial charge in [0.2, 0.25) is 0 Å². The zero-order chi connectivity index (χ0) is 13.4. The number of benzene rings is 1. The first-order valence-electron chi connectivity index (χ1n) is 7.08. The van der Waals surface area contributed by atoms with Crippen LogP contribution in [0.5, 0.6) is 5.75 Å². The Morgan fingerprint density at radius 1 is 1.22 bits per heavy atom. The third-order valence-corrected chi connectivity index (χ3v) is 3.05. The molecule has 0 spiro atoms. The lowest BCUT2D eigenvalue weighted by Crippen LogP contribution is -2.29. The van der Waals surface area contributed by atoms with Gasteiger partial charge < -0.3 is 10.1 Å². The van der Waals surface area contributed by atoms with Gasteiger partial charge in [0, 0.05) is 6.54 Å². The molecule has 0 aliphatic heterocycles. The molecular weight excluding hydrogens is 222 g/mol. The molecule has 1 atom stereocenters. The van der Waals surface area contributed by atoms with Crippen LogP contribution in [0.25, 0.3) is 0 Å². The van der Waals surface area contributed by atoms with E-state index in [0.29, 0.717) is 0 Å². The zero-order valence-electron chi connectivity index (χ0n) is 12.3. The molecular formula is C16H27NO. The summed E-state index contributed by atoms with van der Waals surface area (Å²) < 4.78 is 5.94. The van der Waals surface area contributed by atoms with Crippen molar-refractivity contribution in [3.05, 3.63) is 29.3 Å². The average Bonchev–Trinajstić information content (AvgIpc) is 2.32. The molecule has 2 nitrogen and oxygen atoms in total. The summed E-state index contributed by atoms with van der Waals surface area (Å²) in [6, 6.07) is 6.33. The minimum Gasteiger partial charge on any atom is -0.489 e. The molecule has 0 aliphatic carbocycles. The lowest BCUT2D eigenvalue weighted by Gasteiger charge is -2.17. The quantitative estimate of drug-likeness (QED) is 0.707. The van der Waals surface area contributed by atoms with Gasteiger partial charge in [-0.1, -0.05) is 37.5 Å². The normalized spacial score (nSPS) is 12.4. The molecule has 0 radical (unpaired) electrons. The molecule has 0 fully saturated rings. The van der Waals surface area contributed by atoms with E-state index in [1.54, 1.807) is 0 Å². The van der Waals surface area contributed by atoms with E-state index in [2.05, 4.69) is 51.2 Å². The summed E-state index contributed by atoms with van der Waals surface area (Å²) in [5.41, 5.74) is 2.50. The summed E-state index contributed by atoms with van der Waals surface area (Å²) in [5.74, 6) is 1.00. The van der Waals surface area contributed by atoms with Gasteiger partial charge >= 0.3 is 0 Å². The second-order valence-corrected chi connectivity index (χ2v) is 5.11. The van der Waals surface area contributed by atoms with Crippen molar-refractivity contribution in [3.8, 4) is 5.75 Å². The Balaban J connectivity index is 2.28. The van der Waals surface area contributed by atoms with Gasteiger partial charge in [0.1, 0.15) is 11.9 Å². The fourth-order valence-electron chi connectivity index (χ4n) is 2.00. The molecule has 0 saturated carbocycles. The zero-order valence-corrected chi connectivity index (χ0v) is 12.3. The van der Waals surface area contributed by atoms with Gasteiger partial charge in [-0.25, -0.2) is 0 Å². The van der Waals surface area contributed by atoms with Crippen molar-refractivity contribution in [2.24, 2.45) is 0 Å². The predicted molar refractivity (Wildman–Crippen MR) is 78.4 cm³/mol. The average molecular weight is 249 g/mol. The van der Waals surface area contributed by atoms with Crippen molar-refractivity contribution >= 4 is 0 Å². The van der Waals surface area contributed by atoms with Crippen molar-refractivity contribution in [3.63, 3.8) is 0 Å². The minimum absolute atomic E-state index is 0.216.